The van der Waals surface area contributed by atoms with E-state index in [4.69, 9.17) is 4.52 Å². The molecule has 1 aromatic heterocycles. The quantitative estimate of drug-likeness (QED) is 0.773. The molecule has 1 saturated carbocycles. The van der Waals surface area contributed by atoms with E-state index in [1.54, 1.807) is 0 Å². The summed E-state index contributed by atoms with van der Waals surface area (Å²) >= 11 is 0. The predicted molar refractivity (Wildman–Crippen MR) is 50.5 cm³/mol. The van der Waals surface area contributed by atoms with Crippen molar-refractivity contribution >= 4 is 0 Å². The van der Waals surface area contributed by atoms with Crippen LogP contribution >= 0.6 is 0 Å². The summed E-state index contributed by atoms with van der Waals surface area (Å²) < 4.78 is 5.20. The van der Waals surface area contributed by atoms with Gasteiger partial charge in [0.25, 0.3) is 0 Å². The van der Waals surface area contributed by atoms with Gasteiger partial charge in [0.05, 0.1) is 12.2 Å². The van der Waals surface area contributed by atoms with E-state index in [0.717, 1.165) is 18.0 Å². The molecule has 1 aliphatic rings. The number of rotatable bonds is 3. The van der Waals surface area contributed by atoms with E-state index in [1.165, 1.54) is 25.7 Å². The number of nitrogens with zero attached hydrogens (tertiary/aromatic N) is 1. The van der Waals surface area contributed by atoms with Crippen LogP contribution in [0.5, 0.6) is 0 Å². The highest BCUT2D eigenvalue weighted by molar-refractivity contribution is 5.11. The predicted octanol–water partition coefficient (Wildman–Crippen LogP) is 2.05. The fourth-order valence-corrected chi connectivity index (χ4v) is 2.00. The summed E-state index contributed by atoms with van der Waals surface area (Å²) in [5.74, 6) is 1.61. The van der Waals surface area contributed by atoms with E-state index in [9.17, 15) is 0 Å². The Bertz CT molecular complexity index is 264. The Kier molecular flexibility index (Phi) is 2.64. The molecule has 0 radical (unpaired) electrons. The first-order valence-corrected chi connectivity index (χ1v) is 5.00. The topological polar surface area (TPSA) is 38.1 Å². The maximum atomic E-state index is 5.20. The van der Waals surface area contributed by atoms with Gasteiger partial charge in [-0.2, -0.15) is 0 Å². The van der Waals surface area contributed by atoms with Gasteiger partial charge in [0.2, 0.25) is 0 Å². The van der Waals surface area contributed by atoms with Gasteiger partial charge in [-0.1, -0.05) is 18.0 Å². The molecule has 0 atom stereocenters. The molecule has 1 aromatic rings. The van der Waals surface area contributed by atoms with Crippen molar-refractivity contribution in [1.29, 1.82) is 0 Å². The largest absolute Gasteiger partial charge is 0.360 e. The first-order valence-electron chi connectivity index (χ1n) is 5.00. The molecule has 1 aliphatic carbocycles. The minimum atomic E-state index is 0.661. The second-order valence-corrected chi connectivity index (χ2v) is 3.73. The summed E-state index contributed by atoms with van der Waals surface area (Å²) in [4.78, 5) is 0. The Morgan fingerprint density at radius 1 is 1.54 bits per heavy atom. The lowest BCUT2D eigenvalue weighted by Crippen LogP contribution is -2.03. The first-order chi connectivity index (χ1) is 6.40. The molecule has 13 heavy (non-hydrogen) atoms. The smallest absolute Gasteiger partial charge is 0.150 e. The highest BCUT2D eigenvalue weighted by atomic mass is 16.5. The SMILES string of the molecule is CNCc1cc(C2CCCC2)no1. The summed E-state index contributed by atoms with van der Waals surface area (Å²) in [5.41, 5.74) is 1.16. The molecule has 1 fully saturated rings. The number of nitrogens with one attached hydrogen (secondary N) is 1. The van der Waals surface area contributed by atoms with Crippen molar-refractivity contribution in [3.05, 3.63) is 17.5 Å². The van der Waals surface area contributed by atoms with Crippen LogP contribution < -0.4 is 5.32 Å². The van der Waals surface area contributed by atoms with E-state index in [0.29, 0.717) is 5.92 Å². The van der Waals surface area contributed by atoms with Crippen LogP contribution in [0, 0.1) is 0 Å². The molecule has 1 heterocycles. The second kappa shape index (κ2) is 3.92. The normalized spacial score (nSPS) is 18.2. The van der Waals surface area contributed by atoms with Gasteiger partial charge in [-0.3, -0.25) is 0 Å². The van der Waals surface area contributed by atoms with E-state index in [2.05, 4.69) is 16.5 Å². The van der Waals surface area contributed by atoms with Gasteiger partial charge in [0, 0.05) is 12.0 Å². The summed E-state index contributed by atoms with van der Waals surface area (Å²) in [6, 6.07) is 2.09. The van der Waals surface area contributed by atoms with Crippen LogP contribution in [-0.2, 0) is 6.54 Å². The van der Waals surface area contributed by atoms with Gasteiger partial charge in [0.15, 0.2) is 5.76 Å². The molecule has 3 nitrogen and oxygen atoms in total. The minimum Gasteiger partial charge on any atom is -0.360 e. The Balaban J connectivity index is 2.03. The summed E-state index contributed by atoms with van der Waals surface area (Å²) in [5, 5.41) is 7.16. The van der Waals surface area contributed by atoms with Crippen molar-refractivity contribution < 1.29 is 4.52 Å². The van der Waals surface area contributed by atoms with Crippen molar-refractivity contribution in [2.45, 2.75) is 38.1 Å². The number of aromatic nitrogens is 1. The van der Waals surface area contributed by atoms with Gasteiger partial charge in [-0.25, -0.2) is 0 Å². The van der Waals surface area contributed by atoms with E-state index in [1.807, 2.05) is 7.05 Å². The Morgan fingerprint density at radius 2 is 2.31 bits per heavy atom. The zero-order valence-corrected chi connectivity index (χ0v) is 8.05. The molecule has 0 aromatic carbocycles. The van der Waals surface area contributed by atoms with Crippen molar-refractivity contribution in [2.24, 2.45) is 0 Å². The Labute approximate surface area is 78.5 Å². The fourth-order valence-electron chi connectivity index (χ4n) is 2.00. The average molecular weight is 180 g/mol. The lowest BCUT2D eigenvalue weighted by molar-refractivity contribution is 0.367. The van der Waals surface area contributed by atoms with Crippen molar-refractivity contribution in [1.82, 2.24) is 10.5 Å². The molecule has 3 heteroatoms. The minimum absolute atomic E-state index is 0.661. The average Bonchev–Trinajstić information content (AvgIpc) is 2.70. The van der Waals surface area contributed by atoms with Gasteiger partial charge in [-0.05, 0) is 19.9 Å². The lowest BCUT2D eigenvalue weighted by Gasteiger charge is -2.00. The highest BCUT2D eigenvalue weighted by Crippen LogP contribution is 2.33. The highest BCUT2D eigenvalue weighted by Gasteiger charge is 2.20. The molecule has 0 amide bonds. The van der Waals surface area contributed by atoms with E-state index >= 15 is 0 Å². The maximum Gasteiger partial charge on any atom is 0.150 e. The van der Waals surface area contributed by atoms with Crippen LogP contribution in [0.3, 0.4) is 0 Å². The van der Waals surface area contributed by atoms with Crippen LogP contribution in [0.15, 0.2) is 10.6 Å². The standard InChI is InChI=1S/C10H16N2O/c1-11-7-9-6-10(12-13-9)8-4-2-3-5-8/h6,8,11H,2-5,7H2,1H3. The van der Waals surface area contributed by atoms with Crippen molar-refractivity contribution in [2.75, 3.05) is 7.05 Å². The zero-order chi connectivity index (χ0) is 9.10. The Morgan fingerprint density at radius 3 is 3.00 bits per heavy atom. The summed E-state index contributed by atoms with van der Waals surface area (Å²) in [7, 11) is 1.91. The summed E-state index contributed by atoms with van der Waals surface area (Å²) in [6.07, 6.45) is 5.26. The molecule has 2 rings (SSSR count). The van der Waals surface area contributed by atoms with Crippen molar-refractivity contribution in [3.63, 3.8) is 0 Å². The molecular weight excluding hydrogens is 164 g/mol. The molecular formula is C10H16N2O. The summed E-state index contributed by atoms with van der Waals surface area (Å²) in [6.45, 7) is 0.778. The van der Waals surface area contributed by atoms with Gasteiger partial charge in [-0.15, -0.1) is 0 Å². The lowest BCUT2D eigenvalue weighted by atomic mass is 10.0. The third kappa shape index (κ3) is 1.91. The molecule has 0 unspecified atom stereocenters. The van der Waals surface area contributed by atoms with Gasteiger partial charge < -0.3 is 9.84 Å². The zero-order valence-electron chi connectivity index (χ0n) is 8.05. The van der Waals surface area contributed by atoms with Crippen LogP contribution in [0.2, 0.25) is 0 Å². The second-order valence-electron chi connectivity index (χ2n) is 3.73. The molecule has 0 spiro atoms. The van der Waals surface area contributed by atoms with E-state index < -0.39 is 0 Å². The molecule has 72 valence electrons. The van der Waals surface area contributed by atoms with Crippen molar-refractivity contribution in [3.8, 4) is 0 Å². The maximum absolute atomic E-state index is 5.20. The monoisotopic (exact) mass is 180 g/mol. The number of hydrogen-bond acceptors (Lipinski definition) is 3. The van der Waals surface area contributed by atoms with Gasteiger partial charge in [0.1, 0.15) is 0 Å². The Hall–Kier alpha value is -0.830. The van der Waals surface area contributed by atoms with E-state index in [-0.39, 0.29) is 0 Å². The number of hydrogen-bond donors (Lipinski definition) is 1. The van der Waals surface area contributed by atoms with Crippen LogP contribution in [0.1, 0.15) is 43.1 Å². The first kappa shape index (κ1) is 8.75. The molecule has 0 saturated heterocycles. The molecule has 1 N–H and O–H groups in total. The third-order valence-corrected chi connectivity index (χ3v) is 2.70. The van der Waals surface area contributed by atoms with Gasteiger partial charge >= 0.3 is 0 Å². The van der Waals surface area contributed by atoms with Crippen LogP contribution in [-0.4, -0.2) is 12.2 Å². The molecule has 0 aliphatic heterocycles. The van der Waals surface area contributed by atoms with Crippen LogP contribution in [0.25, 0.3) is 0 Å². The third-order valence-electron chi connectivity index (χ3n) is 2.70. The molecule has 0 bridgehead atoms. The van der Waals surface area contributed by atoms with Crippen LogP contribution in [0.4, 0.5) is 0 Å². The fraction of sp³-hybridized carbons (Fsp3) is 0.700.